The summed E-state index contributed by atoms with van der Waals surface area (Å²) in [7, 11) is -2.83. The largest absolute Gasteiger partial charge is 0.229 e. The summed E-state index contributed by atoms with van der Waals surface area (Å²) in [6.07, 6.45) is 0.645. The van der Waals surface area contributed by atoms with Gasteiger partial charge in [0.1, 0.15) is 0 Å². The van der Waals surface area contributed by atoms with Gasteiger partial charge in [-0.2, -0.15) is 5.26 Å². The summed E-state index contributed by atoms with van der Waals surface area (Å²) >= 11 is 3.21. The second kappa shape index (κ2) is 3.75. The van der Waals surface area contributed by atoms with Crippen molar-refractivity contribution in [3.05, 3.63) is 0 Å². The minimum atomic E-state index is -2.83. The molecule has 5 heteroatoms. The van der Waals surface area contributed by atoms with Gasteiger partial charge in [-0.3, -0.25) is 0 Å². The zero-order valence-electron chi connectivity index (χ0n) is 6.53. The smallest absolute Gasteiger partial charge is 0.150 e. The summed E-state index contributed by atoms with van der Waals surface area (Å²) in [5.74, 6) is 0.335. The Hall–Kier alpha value is -0.0800. The summed E-state index contributed by atoms with van der Waals surface area (Å²) in [6, 6.07) is 2.12. The molecular weight excluding hydrogens is 242 g/mol. The van der Waals surface area contributed by atoms with Crippen molar-refractivity contribution in [3.63, 3.8) is 0 Å². The molecule has 0 aromatic rings. The van der Waals surface area contributed by atoms with Crippen LogP contribution in [0.4, 0.5) is 0 Å². The van der Waals surface area contributed by atoms with Crippen LogP contribution in [0.15, 0.2) is 0 Å². The Morgan fingerprint density at radius 3 is 2.67 bits per heavy atom. The Labute approximate surface area is 80.8 Å². The Balaban J connectivity index is 2.64. The highest BCUT2D eigenvalue weighted by Crippen LogP contribution is 2.26. The molecule has 3 nitrogen and oxygen atoms in total. The van der Waals surface area contributed by atoms with Crippen molar-refractivity contribution in [2.75, 3.05) is 16.8 Å². The van der Waals surface area contributed by atoms with Gasteiger partial charge in [0.05, 0.1) is 23.5 Å². The summed E-state index contributed by atoms with van der Waals surface area (Å²) in [5, 5.41) is 9.25. The molecule has 0 bridgehead atoms. The van der Waals surface area contributed by atoms with Crippen LogP contribution in [0.1, 0.15) is 6.42 Å². The highest BCUT2D eigenvalue weighted by atomic mass is 79.9. The van der Waals surface area contributed by atoms with Gasteiger partial charge in [-0.05, 0) is 12.3 Å². The third-order valence-electron chi connectivity index (χ3n) is 2.17. The van der Waals surface area contributed by atoms with Crippen LogP contribution in [0.5, 0.6) is 0 Å². The van der Waals surface area contributed by atoms with Crippen LogP contribution in [-0.4, -0.2) is 25.3 Å². The quantitative estimate of drug-likeness (QED) is 0.687. The standard InChI is InChI=1S/C7H10BrNO2S/c8-3-7(4-9)6-1-2-12(10,11)5-6/h6-7H,1-3,5H2. The number of rotatable bonds is 2. The first kappa shape index (κ1) is 10.0. The number of alkyl halides is 1. The number of hydrogen-bond donors (Lipinski definition) is 0. The fourth-order valence-electron chi connectivity index (χ4n) is 1.41. The molecule has 0 radical (unpaired) electrons. The van der Waals surface area contributed by atoms with Gasteiger partial charge in [-0.1, -0.05) is 15.9 Å². The van der Waals surface area contributed by atoms with E-state index in [1.165, 1.54) is 0 Å². The van der Waals surface area contributed by atoms with Crippen LogP contribution in [0.25, 0.3) is 0 Å². The molecule has 0 N–H and O–H groups in total. The van der Waals surface area contributed by atoms with Crippen LogP contribution >= 0.6 is 15.9 Å². The molecule has 0 spiro atoms. The van der Waals surface area contributed by atoms with Gasteiger partial charge >= 0.3 is 0 Å². The van der Waals surface area contributed by atoms with Gasteiger partial charge < -0.3 is 0 Å². The molecule has 2 unspecified atom stereocenters. The molecule has 0 saturated carbocycles. The third kappa shape index (κ3) is 2.20. The molecule has 0 aromatic carbocycles. The maximum atomic E-state index is 11.1. The minimum absolute atomic E-state index is 0.0411. The van der Waals surface area contributed by atoms with Crippen molar-refractivity contribution in [2.45, 2.75) is 6.42 Å². The SMILES string of the molecule is N#CC(CBr)C1CCS(=O)(=O)C1. The zero-order valence-corrected chi connectivity index (χ0v) is 8.94. The first-order valence-electron chi connectivity index (χ1n) is 3.75. The second-order valence-corrected chi connectivity index (χ2v) is 5.93. The maximum absolute atomic E-state index is 11.1. The Morgan fingerprint density at radius 2 is 2.33 bits per heavy atom. The lowest BCUT2D eigenvalue weighted by atomic mass is 9.95. The molecule has 0 amide bonds. The van der Waals surface area contributed by atoms with E-state index in [0.717, 1.165) is 0 Å². The molecule has 0 aromatic heterocycles. The van der Waals surface area contributed by atoms with Gasteiger partial charge in [0.2, 0.25) is 0 Å². The van der Waals surface area contributed by atoms with Crippen LogP contribution < -0.4 is 0 Å². The predicted molar refractivity (Wildman–Crippen MR) is 49.7 cm³/mol. The van der Waals surface area contributed by atoms with Crippen LogP contribution in [0.2, 0.25) is 0 Å². The van der Waals surface area contributed by atoms with E-state index in [4.69, 9.17) is 5.26 Å². The molecule has 1 rings (SSSR count). The molecule has 68 valence electrons. The lowest BCUT2D eigenvalue weighted by Gasteiger charge is -2.10. The van der Waals surface area contributed by atoms with E-state index in [2.05, 4.69) is 22.0 Å². The third-order valence-corrected chi connectivity index (χ3v) is 4.66. The van der Waals surface area contributed by atoms with Crippen molar-refractivity contribution >= 4 is 25.8 Å². The molecule has 12 heavy (non-hydrogen) atoms. The number of sulfone groups is 1. The number of halogens is 1. The molecule has 1 fully saturated rings. The van der Waals surface area contributed by atoms with Crippen molar-refractivity contribution in [3.8, 4) is 6.07 Å². The van der Waals surface area contributed by atoms with Gasteiger partial charge in [-0.25, -0.2) is 8.42 Å². The van der Waals surface area contributed by atoms with E-state index in [1.807, 2.05) is 0 Å². The first-order valence-corrected chi connectivity index (χ1v) is 6.69. The van der Waals surface area contributed by atoms with Crippen LogP contribution in [-0.2, 0) is 9.84 Å². The number of nitriles is 1. The van der Waals surface area contributed by atoms with Crippen molar-refractivity contribution < 1.29 is 8.42 Å². The van der Waals surface area contributed by atoms with Crippen molar-refractivity contribution in [2.24, 2.45) is 11.8 Å². The molecule has 1 saturated heterocycles. The maximum Gasteiger partial charge on any atom is 0.150 e. The molecule has 1 heterocycles. The number of hydrogen-bond acceptors (Lipinski definition) is 3. The molecule has 2 atom stereocenters. The molecule has 1 aliphatic rings. The highest BCUT2D eigenvalue weighted by Gasteiger charge is 2.33. The van der Waals surface area contributed by atoms with E-state index in [9.17, 15) is 8.42 Å². The molecule has 0 aliphatic carbocycles. The monoisotopic (exact) mass is 251 g/mol. The van der Waals surface area contributed by atoms with Crippen LogP contribution in [0, 0.1) is 23.2 Å². The first-order chi connectivity index (χ1) is 5.59. The minimum Gasteiger partial charge on any atom is -0.229 e. The predicted octanol–water partition coefficient (Wildman–Crippen LogP) is 0.956. The van der Waals surface area contributed by atoms with Gasteiger partial charge in [0, 0.05) is 5.33 Å². The summed E-state index contributed by atoms with van der Waals surface area (Å²) in [6.45, 7) is 0. The number of nitrogens with zero attached hydrogens (tertiary/aromatic N) is 1. The second-order valence-electron chi connectivity index (χ2n) is 3.05. The Bertz CT molecular complexity index is 293. The van der Waals surface area contributed by atoms with Crippen molar-refractivity contribution in [1.82, 2.24) is 0 Å². The zero-order chi connectivity index (χ0) is 9.19. The van der Waals surface area contributed by atoms with Gasteiger partial charge in [0.15, 0.2) is 9.84 Å². The van der Waals surface area contributed by atoms with E-state index in [1.54, 1.807) is 0 Å². The fraction of sp³-hybridized carbons (Fsp3) is 0.857. The summed E-state index contributed by atoms with van der Waals surface area (Å²) in [5.41, 5.74) is 0. The average molecular weight is 252 g/mol. The van der Waals surface area contributed by atoms with Gasteiger partial charge in [-0.15, -0.1) is 0 Å². The lowest BCUT2D eigenvalue weighted by molar-refractivity contribution is 0.487. The Kier molecular flexibility index (Phi) is 3.13. The van der Waals surface area contributed by atoms with E-state index in [-0.39, 0.29) is 23.3 Å². The topological polar surface area (TPSA) is 57.9 Å². The average Bonchev–Trinajstić information content (AvgIpc) is 2.34. The molecule has 1 aliphatic heterocycles. The van der Waals surface area contributed by atoms with Crippen molar-refractivity contribution in [1.29, 1.82) is 5.26 Å². The van der Waals surface area contributed by atoms with E-state index < -0.39 is 9.84 Å². The van der Waals surface area contributed by atoms with E-state index in [0.29, 0.717) is 11.8 Å². The lowest BCUT2D eigenvalue weighted by Crippen LogP contribution is -2.15. The van der Waals surface area contributed by atoms with Gasteiger partial charge in [0.25, 0.3) is 0 Å². The summed E-state index contributed by atoms with van der Waals surface area (Å²) < 4.78 is 22.1. The van der Waals surface area contributed by atoms with E-state index >= 15 is 0 Å². The summed E-state index contributed by atoms with van der Waals surface area (Å²) in [4.78, 5) is 0. The normalized spacial score (nSPS) is 29.5. The van der Waals surface area contributed by atoms with Crippen LogP contribution in [0.3, 0.4) is 0 Å². The fourth-order valence-corrected chi connectivity index (χ4v) is 3.96. The Morgan fingerprint density at radius 1 is 1.67 bits per heavy atom. The highest BCUT2D eigenvalue weighted by molar-refractivity contribution is 9.09. The molecular formula is C7H10BrNO2S.